The van der Waals surface area contributed by atoms with Crippen LogP contribution in [0.25, 0.3) is 22.2 Å². The fraction of sp³-hybridized carbons (Fsp3) is 0.278. The number of anilines is 2. The Labute approximate surface area is 217 Å². The van der Waals surface area contributed by atoms with E-state index in [1.807, 2.05) is 6.07 Å². The fourth-order valence-corrected chi connectivity index (χ4v) is 7.25. The molecule has 4 heterocycles. The van der Waals surface area contributed by atoms with E-state index in [1.54, 1.807) is 24.4 Å². The maximum Gasteiger partial charge on any atom is 0.490 e. The molecule has 2 unspecified atom stereocenters. The molecule has 5 rings (SSSR count). The van der Waals surface area contributed by atoms with Crippen LogP contribution in [0.4, 0.5) is 11.5 Å². The molecule has 2 aliphatic rings. The molecule has 208 valence electrons. The van der Waals surface area contributed by atoms with Crippen molar-refractivity contribution >= 4 is 46.0 Å². The van der Waals surface area contributed by atoms with Crippen LogP contribution in [-0.2, 0) is 31.6 Å². The molecule has 0 spiro atoms. The number of ether oxygens (including phenoxy) is 1. The molecule has 0 amide bonds. The maximum atomic E-state index is 12.0. The van der Waals surface area contributed by atoms with E-state index >= 15 is 0 Å². The number of nitrogens with zero attached hydrogens (tertiary/aromatic N) is 4. The van der Waals surface area contributed by atoms with Gasteiger partial charge in [0.1, 0.15) is 36.1 Å². The van der Waals surface area contributed by atoms with Gasteiger partial charge < -0.3 is 44.4 Å². The number of hydrogen-bond donors (Lipinski definition) is 7. The fourth-order valence-electron chi connectivity index (χ4n) is 4.23. The van der Waals surface area contributed by atoms with Gasteiger partial charge in [-0.1, -0.05) is 6.07 Å². The highest BCUT2D eigenvalue weighted by atomic mass is 31.3. The van der Waals surface area contributed by atoms with Gasteiger partial charge in [-0.05, 0) is 12.1 Å². The summed E-state index contributed by atoms with van der Waals surface area (Å²) in [6.45, 7) is -0.966. The van der Waals surface area contributed by atoms with Gasteiger partial charge in [-0.3, -0.25) is 4.52 Å². The number of hydrogen-bond acceptors (Lipinski definition) is 13. The molecule has 2 aliphatic heterocycles. The molecule has 0 aliphatic carbocycles. The second kappa shape index (κ2) is 9.81. The van der Waals surface area contributed by atoms with Crippen LogP contribution < -0.4 is 5.32 Å². The first-order valence-corrected chi connectivity index (χ1v) is 15.2. The van der Waals surface area contributed by atoms with E-state index in [0.29, 0.717) is 39.2 Å². The van der Waals surface area contributed by atoms with Crippen molar-refractivity contribution < 1.29 is 61.4 Å². The van der Waals surface area contributed by atoms with E-state index in [9.17, 15) is 39.0 Å². The first-order valence-electron chi connectivity index (χ1n) is 10.6. The summed E-state index contributed by atoms with van der Waals surface area (Å²) in [4.78, 5) is 44.6. The second-order valence-electron chi connectivity index (χ2n) is 8.30. The van der Waals surface area contributed by atoms with Crippen LogP contribution in [0.15, 0.2) is 30.7 Å². The molecule has 0 saturated carbocycles. The van der Waals surface area contributed by atoms with Crippen LogP contribution in [0.5, 0.6) is 0 Å². The van der Waals surface area contributed by atoms with Crippen LogP contribution in [-0.4, -0.2) is 69.2 Å². The third kappa shape index (κ3) is 5.55. The van der Waals surface area contributed by atoms with Crippen molar-refractivity contribution in [3.63, 3.8) is 0 Å². The molecule has 39 heavy (non-hydrogen) atoms. The molecule has 21 heteroatoms. The van der Waals surface area contributed by atoms with Crippen LogP contribution in [0, 0.1) is 11.3 Å². The average Bonchev–Trinajstić information content (AvgIpc) is 3.34. The zero-order valence-electron chi connectivity index (χ0n) is 19.1. The van der Waals surface area contributed by atoms with E-state index in [-0.39, 0.29) is 0 Å². The van der Waals surface area contributed by atoms with Crippen molar-refractivity contribution in [2.45, 2.75) is 24.5 Å². The summed E-state index contributed by atoms with van der Waals surface area (Å²) in [5.74, 6) is 0.411. The highest BCUT2D eigenvalue weighted by Gasteiger charge is 2.47. The third-order valence-corrected chi connectivity index (χ3v) is 9.53. The van der Waals surface area contributed by atoms with Crippen molar-refractivity contribution in [3.8, 4) is 17.2 Å². The predicted octanol–water partition coefficient (Wildman–Crippen LogP) is 0.989. The molecule has 0 radical (unpaired) electrons. The Hall–Kier alpha value is -2.58. The number of nitrogens with one attached hydrogen (secondary N) is 1. The molecule has 1 aromatic carbocycles. The van der Waals surface area contributed by atoms with Gasteiger partial charge in [-0.2, -0.15) is 13.9 Å². The van der Waals surface area contributed by atoms with E-state index in [4.69, 9.17) is 14.5 Å². The molecular formula is C18H18N5O13P3. The summed E-state index contributed by atoms with van der Waals surface area (Å²) in [5.41, 5.74) is 2.62. The van der Waals surface area contributed by atoms with Crippen LogP contribution >= 0.6 is 23.5 Å². The quantitative estimate of drug-likeness (QED) is 0.138. The number of aromatic nitrogens is 3. The van der Waals surface area contributed by atoms with Crippen LogP contribution in [0.3, 0.4) is 0 Å². The molecule has 1 saturated heterocycles. The minimum Gasteiger partial charge on any atom is -0.387 e. The first-order chi connectivity index (χ1) is 18.2. The average molecular weight is 605 g/mol. The van der Waals surface area contributed by atoms with E-state index in [2.05, 4.69) is 28.4 Å². The van der Waals surface area contributed by atoms with Gasteiger partial charge in [0.15, 0.2) is 6.23 Å². The van der Waals surface area contributed by atoms with Crippen molar-refractivity contribution in [3.05, 3.63) is 36.3 Å². The molecule has 0 bridgehead atoms. The minimum absolute atomic E-state index is 0.294. The molecule has 3 aromatic rings. The maximum absolute atomic E-state index is 12.0. The monoisotopic (exact) mass is 605 g/mol. The number of phosphoric ester groups is 1. The molecule has 1 fully saturated rings. The Balaban J connectivity index is 1.38. The number of phosphoric acid groups is 3. The minimum atomic E-state index is -5.74. The predicted molar refractivity (Wildman–Crippen MR) is 127 cm³/mol. The van der Waals surface area contributed by atoms with Gasteiger partial charge in [-0.15, -0.1) is 0 Å². The Kier molecular flexibility index (Phi) is 7.03. The third-order valence-electron chi connectivity index (χ3n) is 5.73. The lowest BCUT2D eigenvalue weighted by atomic mass is 9.99. The number of benzene rings is 1. The summed E-state index contributed by atoms with van der Waals surface area (Å²) >= 11 is 0. The standard InChI is InChI=1S/C18H18N5O13P3/c19-4-8-1-2-9-10-5-23(17-13(10)16(20-7-21-17)22-11(9)3-8)18-15(25)14(24)12(34-18)6-33-38(29,30)36-39(31,32)35-37(26,27)28/h1-3,5,7,12,14-15,18,24-25H,6H2,(H,29,30)(H,31,32)(H,20,21,22)(H2,26,27,28)/t12-,14-,15-,18-/m1/s1. The Morgan fingerprint density at radius 3 is 2.49 bits per heavy atom. The zero-order chi connectivity index (χ0) is 28.3. The molecule has 7 N–H and O–H groups in total. The number of aliphatic hydroxyl groups is 2. The van der Waals surface area contributed by atoms with Gasteiger partial charge in [0.2, 0.25) is 0 Å². The first kappa shape index (κ1) is 28.0. The summed E-state index contributed by atoms with van der Waals surface area (Å²) in [6.07, 6.45) is -3.26. The van der Waals surface area contributed by atoms with E-state index in [1.165, 1.54) is 10.9 Å². The summed E-state index contributed by atoms with van der Waals surface area (Å²) in [6, 6.07) is 7.00. The smallest absolute Gasteiger partial charge is 0.387 e. The normalized spacial score (nSPS) is 25.4. The lowest BCUT2D eigenvalue weighted by molar-refractivity contribution is -0.0500. The summed E-state index contributed by atoms with van der Waals surface area (Å²) in [7, 11) is -16.8. The van der Waals surface area contributed by atoms with Crippen LogP contribution in [0.1, 0.15) is 11.8 Å². The van der Waals surface area contributed by atoms with Gasteiger partial charge in [0.25, 0.3) is 0 Å². The molecule has 2 aromatic heterocycles. The van der Waals surface area contributed by atoms with Gasteiger partial charge >= 0.3 is 23.5 Å². The molecular weight excluding hydrogens is 587 g/mol. The lowest BCUT2D eigenvalue weighted by Gasteiger charge is -2.19. The Bertz CT molecular complexity index is 1650. The second-order valence-corrected chi connectivity index (χ2v) is 12.7. The Morgan fingerprint density at radius 1 is 1.05 bits per heavy atom. The summed E-state index contributed by atoms with van der Waals surface area (Å²) < 4.78 is 53.2. The summed E-state index contributed by atoms with van der Waals surface area (Å²) in [5, 5.41) is 34.1. The van der Waals surface area contributed by atoms with E-state index < -0.39 is 54.6 Å². The molecule has 6 atom stereocenters. The lowest BCUT2D eigenvalue weighted by Crippen LogP contribution is -2.33. The van der Waals surface area contributed by atoms with E-state index in [0.717, 1.165) is 0 Å². The SMILES string of the molecule is N#Cc1ccc2c(c1)Nc1ncnc3c1c-2cn3[C@@H]1O[C@H](COP(=O)(O)OP(=O)(O)OP(=O)(O)O)[C@@H](O)[C@H]1O. The zero-order valence-corrected chi connectivity index (χ0v) is 21.8. The van der Waals surface area contributed by atoms with Crippen molar-refractivity contribution in [1.82, 2.24) is 14.5 Å². The van der Waals surface area contributed by atoms with Crippen molar-refractivity contribution in [1.29, 1.82) is 5.26 Å². The highest BCUT2D eigenvalue weighted by Crippen LogP contribution is 2.66. The van der Waals surface area contributed by atoms with Gasteiger partial charge in [0, 0.05) is 23.0 Å². The van der Waals surface area contributed by atoms with Crippen molar-refractivity contribution in [2.75, 3.05) is 11.9 Å². The largest absolute Gasteiger partial charge is 0.490 e. The Morgan fingerprint density at radius 2 is 1.79 bits per heavy atom. The topological polar surface area (TPSA) is 276 Å². The highest BCUT2D eigenvalue weighted by molar-refractivity contribution is 7.66. The van der Waals surface area contributed by atoms with Gasteiger partial charge in [0.05, 0.1) is 23.6 Å². The number of aliphatic hydroxyl groups excluding tert-OH is 2. The number of fused-ring (bicyclic) bond motifs is 2. The van der Waals surface area contributed by atoms with Crippen LogP contribution in [0.2, 0.25) is 0 Å². The molecule has 18 nitrogen and oxygen atoms in total. The van der Waals surface area contributed by atoms with Crippen molar-refractivity contribution in [2.24, 2.45) is 0 Å². The number of rotatable bonds is 8. The van der Waals surface area contributed by atoms with Gasteiger partial charge in [-0.25, -0.2) is 23.7 Å². The number of nitriles is 1.